The summed E-state index contributed by atoms with van der Waals surface area (Å²) in [5.41, 5.74) is 7.95. The van der Waals surface area contributed by atoms with E-state index in [9.17, 15) is 0 Å². The van der Waals surface area contributed by atoms with Crippen LogP contribution >= 0.6 is 0 Å². The molecule has 0 saturated heterocycles. The Kier molecular flexibility index (Phi) is 2.11. The van der Waals surface area contributed by atoms with Crippen LogP contribution in [0.1, 0.15) is 5.56 Å². The monoisotopic (exact) mass is 149 g/mol. The molecule has 11 heavy (non-hydrogen) atoms. The molecule has 3 nitrogen and oxygen atoms in total. The van der Waals surface area contributed by atoms with Gasteiger partial charge < -0.3 is 16.5 Å². The normalized spacial score (nSPS) is 9.18. The van der Waals surface area contributed by atoms with Gasteiger partial charge in [0.25, 0.3) is 0 Å². The third-order valence-corrected chi connectivity index (χ3v) is 1.53. The molecule has 0 atom stereocenters. The molecule has 0 aliphatic carbocycles. The summed E-state index contributed by atoms with van der Waals surface area (Å²) in [4.78, 5) is 0. The standard InChI is InChI=1S/C8H11N3/c1-11-8-6(5-9)3-2-4-7(8)10/h2-5,9,11H,10H2,1H3. The van der Waals surface area contributed by atoms with E-state index in [1.54, 1.807) is 13.1 Å². The van der Waals surface area contributed by atoms with Gasteiger partial charge in [-0.3, -0.25) is 0 Å². The van der Waals surface area contributed by atoms with E-state index in [4.69, 9.17) is 11.1 Å². The number of rotatable bonds is 2. The maximum absolute atomic E-state index is 7.06. The Morgan fingerprint density at radius 1 is 1.55 bits per heavy atom. The zero-order chi connectivity index (χ0) is 8.27. The maximum Gasteiger partial charge on any atom is 0.0660 e. The molecule has 58 valence electrons. The molecule has 4 N–H and O–H groups in total. The van der Waals surface area contributed by atoms with Crippen molar-refractivity contribution < 1.29 is 0 Å². The van der Waals surface area contributed by atoms with Crippen LogP contribution in [0, 0.1) is 5.41 Å². The van der Waals surface area contributed by atoms with E-state index in [-0.39, 0.29) is 0 Å². The minimum absolute atomic E-state index is 0.675. The zero-order valence-corrected chi connectivity index (χ0v) is 6.39. The number of anilines is 2. The van der Waals surface area contributed by atoms with Crippen molar-refractivity contribution >= 4 is 17.6 Å². The molecule has 1 rings (SSSR count). The molecule has 0 aliphatic rings. The van der Waals surface area contributed by atoms with E-state index in [1.165, 1.54) is 6.21 Å². The third-order valence-electron chi connectivity index (χ3n) is 1.53. The van der Waals surface area contributed by atoms with Crippen LogP contribution < -0.4 is 11.1 Å². The van der Waals surface area contributed by atoms with E-state index in [0.717, 1.165) is 11.3 Å². The average molecular weight is 149 g/mol. The van der Waals surface area contributed by atoms with Crippen LogP contribution in [-0.4, -0.2) is 13.3 Å². The van der Waals surface area contributed by atoms with Crippen LogP contribution in [0.4, 0.5) is 11.4 Å². The topological polar surface area (TPSA) is 61.9 Å². The zero-order valence-electron chi connectivity index (χ0n) is 6.39. The fraction of sp³-hybridized carbons (Fsp3) is 0.125. The first-order valence-corrected chi connectivity index (χ1v) is 3.36. The molecule has 0 saturated carbocycles. The van der Waals surface area contributed by atoms with E-state index in [2.05, 4.69) is 5.32 Å². The first kappa shape index (κ1) is 7.60. The molecule has 0 amide bonds. The molecular formula is C8H11N3. The van der Waals surface area contributed by atoms with Gasteiger partial charge in [-0.05, 0) is 6.07 Å². The lowest BCUT2D eigenvalue weighted by Gasteiger charge is -2.06. The molecule has 0 aromatic heterocycles. The molecule has 1 aromatic carbocycles. The van der Waals surface area contributed by atoms with Crippen LogP contribution in [0.3, 0.4) is 0 Å². The van der Waals surface area contributed by atoms with Gasteiger partial charge in [0.05, 0.1) is 11.4 Å². The van der Waals surface area contributed by atoms with E-state index >= 15 is 0 Å². The summed E-state index contributed by atoms with van der Waals surface area (Å²) in [5.74, 6) is 0. The highest BCUT2D eigenvalue weighted by Crippen LogP contribution is 2.20. The number of nitrogens with one attached hydrogen (secondary N) is 2. The van der Waals surface area contributed by atoms with E-state index in [0.29, 0.717) is 5.69 Å². The molecule has 0 fully saturated rings. The summed E-state index contributed by atoms with van der Waals surface area (Å²) in [6, 6.07) is 5.48. The highest BCUT2D eigenvalue weighted by atomic mass is 14.9. The van der Waals surface area contributed by atoms with Crippen LogP contribution in [-0.2, 0) is 0 Å². The smallest absolute Gasteiger partial charge is 0.0660 e. The summed E-state index contributed by atoms with van der Waals surface area (Å²) in [6.45, 7) is 0. The Morgan fingerprint density at radius 2 is 2.27 bits per heavy atom. The fourth-order valence-corrected chi connectivity index (χ4v) is 0.998. The van der Waals surface area contributed by atoms with Gasteiger partial charge in [0.15, 0.2) is 0 Å². The second kappa shape index (κ2) is 3.05. The number of benzene rings is 1. The quantitative estimate of drug-likeness (QED) is 0.438. The maximum atomic E-state index is 7.06. The Labute approximate surface area is 65.7 Å². The molecular weight excluding hydrogens is 138 g/mol. The lowest BCUT2D eigenvalue weighted by Crippen LogP contribution is -1.99. The molecule has 1 aromatic rings. The van der Waals surface area contributed by atoms with Crippen LogP contribution in [0.15, 0.2) is 18.2 Å². The van der Waals surface area contributed by atoms with Crippen molar-refractivity contribution in [2.75, 3.05) is 18.1 Å². The van der Waals surface area contributed by atoms with Gasteiger partial charge in [0.2, 0.25) is 0 Å². The van der Waals surface area contributed by atoms with Crippen LogP contribution in [0.25, 0.3) is 0 Å². The molecule has 0 aliphatic heterocycles. The summed E-state index contributed by atoms with van der Waals surface area (Å²) >= 11 is 0. The first-order chi connectivity index (χ1) is 5.29. The van der Waals surface area contributed by atoms with Crippen LogP contribution in [0.5, 0.6) is 0 Å². The predicted octanol–water partition coefficient (Wildman–Crippen LogP) is 1.31. The highest BCUT2D eigenvalue weighted by Gasteiger charge is 1.99. The largest absolute Gasteiger partial charge is 0.397 e. The van der Waals surface area contributed by atoms with E-state index in [1.807, 2.05) is 12.1 Å². The summed E-state index contributed by atoms with van der Waals surface area (Å²) in [7, 11) is 1.79. The molecule has 0 radical (unpaired) electrons. The molecule has 0 spiro atoms. The lowest BCUT2D eigenvalue weighted by molar-refractivity contribution is 1.47. The van der Waals surface area contributed by atoms with Gasteiger partial charge in [-0.2, -0.15) is 0 Å². The number of nitrogen functional groups attached to an aromatic ring is 1. The van der Waals surface area contributed by atoms with Gasteiger partial charge in [-0.25, -0.2) is 0 Å². The van der Waals surface area contributed by atoms with Gasteiger partial charge in [-0.15, -0.1) is 0 Å². The average Bonchev–Trinajstić information content (AvgIpc) is 2.04. The Morgan fingerprint density at radius 3 is 2.73 bits per heavy atom. The minimum atomic E-state index is 0.675. The van der Waals surface area contributed by atoms with Crippen molar-refractivity contribution in [3.05, 3.63) is 23.8 Å². The summed E-state index contributed by atoms with van der Waals surface area (Å²) < 4.78 is 0. The molecule has 0 unspecified atom stereocenters. The van der Waals surface area contributed by atoms with Crippen molar-refractivity contribution in [1.29, 1.82) is 5.41 Å². The second-order valence-corrected chi connectivity index (χ2v) is 2.21. The van der Waals surface area contributed by atoms with Crippen LogP contribution in [0.2, 0.25) is 0 Å². The van der Waals surface area contributed by atoms with Crippen molar-refractivity contribution in [3.63, 3.8) is 0 Å². The van der Waals surface area contributed by atoms with Crippen molar-refractivity contribution in [2.45, 2.75) is 0 Å². The third kappa shape index (κ3) is 1.32. The number of hydrogen-bond donors (Lipinski definition) is 3. The fourth-order valence-electron chi connectivity index (χ4n) is 0.998. The molecule has 0 bridgehead atoms. The van der Waals surface area contributed by atoms with Gasteiger partial charge in [-0.1, -0.05) is 12.1 Å². The van der Waals surface area contributed by atoms with Crippen molar-refractivity contribution in [1.82, 2.24) is 0 Å². The van der Waals surface area contributed by atoms with E-state index < -0.39 is 0 Å². The highest BCUT2D eigenvalue weighted by molar-refractivity contribution is 5.90. The Balaban J connectivity index is 3.23. The Hall–Kier alpha value is -1.51. The summed E-state index contributed by atoms with van der Waals surface area (Å²) in [5, 5.41) is 10.0. The van der Waals surface area contributed by atoms with Crippen molar-refractivity contribution in [2.24, 2.45) is 0 Å². The first-order valence-electron chi connectivity index (χ1n) is 3.36. The number of para-hydroxylation sites is 1. The predicted molar refractivity (Wildman–Crippen MR) is 48.3 cm³/mol. The van der Waals surface area contributed by atoms with Gasteiger partial charge in [0.1, 0.15) is 0 Å². The second-order valence-electron chi connectivity index (χ2n) is 2.21. The Bertz CT molecular complexity index is 268. The lowest BCUT2D eigenvalue weighted by atomic mass is 10.1. The van der Waals surface area contributed by atoms with Gasteiger partial charge in [0, 0.05) is 18.8 Å². The van der Waals surface area contributed by atoms with Crippen molar-refractivity contribution in [3.8, 4) is 0 Å². The summed E-state index contributed by atoms with van der Waals surface area (Å²) in [6.07, 6.45) is 1.28. The molecule has 3 heteroatoms. The van der Waals surface area contributed by atoms with Gasteiger partial charge >= 0.3 is 0 Å². The minimum Gasteiger partial charge on any atom is -0.397 e. The number of nitrogens with two attached hydrogens (primary N) is 1. The number of hydrogen-bond acceptors (Lipinski definition) is 3. The SMILES string of the molecule is CNc1c(N)cccc1C=N. The molecule has 0 heterocycles.